The summed E-state index contributed by atoms with van der Waals surface area (Å²) in [6.07, 6.45) is 11.4. The summed E-state index contributed by atoms with van der Waals surface area (Å²) in [7, 11) is 2.19. The fourth-order valence-corrected chi connectivity index (χ4v) is 5.86. The van der Waals surface area contributed by atoms with Crippen molar-refractivity contribution in [1.29, 1.82) is 0 Å². The molecule has 0 aromatic carbocycles. The van der Waals surface area contributed by atoms with Gasteiger partial charge in [-0.05, 0) is 55.8 Å². The molecule has 1 amide bonds. The number of hydrogen-bond donors (Lipinski definition) is 1. The summed E-state index contributed by atoms with van der Waals surface area (Å²) in [6, 6.07) is 4.40. The number of rotatable bonds is 6. The molecular formula is C23H34N4O. The highest BCUT2D eigenvalue weighted by Crippen LogP contribution is 2.44. The standard InChI is InChI=1S/C23H34N4O/c1-26-11-9-19-14-27(15-21(19)26)23(28)18-8-10-24-22(12-18)25-13-20(16-4-2-5-16)17-6-3-7-17/h8,10,12,16-17,19-21H,2-7,9,11,13-15H2,1H3,(H,24,25)/t19-,21+/m1/s1. The van der Waals surface area contributed by atoms with Gasteiger partial charge in [-0.15, -0.1) is 0 Å². The van der Waals surface area contributed by atoms with E-state index in [-0.39, 0.29) is 5.91 Å². The Balaban J connectivity index is 1.21. The number of fused-ring (bicyclic) bond motifs is 1. The quantitative estimate of drug-likeness (QED) is 0.818. The van der Waals surface area contributed by atoms with E-state index in [0.717, 1.165) is 48.8 Å². The summed E-state index contributed by atoms with van der Waals surface area (Å²) in [5.41, 5.74) is 0.781. The highest BCUT2D eigenvalue weighted by molar-refractivity contribution is 5.95. The van der Waals surface area contributed by atoms with Crippen molar-refractivity contribution in [1.82, 2.24) is 14.8 Å². The van der Waals surface area contributed by atoms with E-state index in [0.29, 0.717) is 12.0 Å². The molecule has 4 aliphatic rings. The second-order valence-corrected chi connectivity index (χ2v) is 9.66. The van der Waals surface area contributed by atoms with Crippen molar-refractivity contribution in [2.75, 3.05) is 38.5 Å². The van der Waals surface area contributed by atoms with Crippen LogP contribution in [-0.2, 0) is 0 Å². The Hall–Kier alpha value is -1.62. The lowest BCUT2D eigenvalue weighted by molar-refractivity contribution is 0.0774. The van der Waals surface area contributed by atoms with Crippen LogP contribution < -0.4 is 5.32 Å². The summed E-state index contributed by atoms with van der Waals surface area (Å²) in [5.74, 6) is 4.29. The molecule has 2 saturated heterocycles. The first-order chi connectivity index (χ1) is 13.7. The van der Waals surface area contributed by atoms with Gasteiger partial charge >= 0.3 is 0 Å². The van der Waals surface area contributed by atoms with Gasteiger partial charge in [0.25, 0.3) is 5.91 Å². The monoisotopic (exact) mass is 382 g/mol. The van der Waals surface area contributed by atoms with E-state index in [2.05, 4.69) is 27.1 Å². The average Bonchev–Trinajstić information content (AvgIpc) is 3.18. The highest BCUT2D eigenvalue weighted by atomic mass is 16.2. The summed E-state index contributed by atoms with van der Waals surface area (Å²) in [6.45, 7) is 3.96. The molecule has 0 radical (unpaired) electrons. The van der Waals surface area contributed by atoms with Crippen LogP contribution in [0.25, 0.3) is 0 Å². The number of nitrogens with one attached hydrogen (secondary N) is 1. The van der Waals surface area contributed by atoms with Gasteiger partial charge in [-0.1, -0.05) is 38.5 Å². The van der Waals surface area contributed by atoms with Crippen LogP contribution in [0, 0.1) is 23.7 Å². The minimum atomic E-state index is 0.169. The number of anilines is 1. The van der Waals surface area contributed by atoms with Gasteiger partial charge in [0.05, 0.1) is 0 Å². The zero-order valence-electron chi connectivity index (χ0n) is 17.1. The third kappa shape index (κ3) is 3.42. The Bertz CT molecular complexity index is 700. The largest absolute Gasteiger partial charge is 0.370 e. The topological polar surface area (TPSA) is 48.5 Å². The van der Waals surface area contributed by atoms with E-state index in [1.165, 1.54) is 51.5 Å². The van der Waals surface area contributed by atoms with E-state index in [4.69, 9.17) is 0 Å². The van der Waals surface area contributed by atoms with E-state index >= 15 is 0 Å². The molecule has 0 unspecified atom stereocenters. The van der Waals surface area contributed by atoms with Crippen LogP contribution in [0.5, 0.6) is 0 Å². The van der Waals surface area contributed by atoms with E-state index in [1.807, 2.05) is 12.1 Å². The van der Waals surface area contributed by atoms with Crippen LogP contribution in [0.4, 0.5) is 5.82 Å². The minimum absolute atomic E-state index is 0.169. The van der Waals surface area contributed by atoms with Crippen molar-refractivity contribution < 1.29 is 4.79 Å². The molecule has 5 heteroatoms. The van der Waals surface area contributed by atoms with Crippen LogP contribution in [0.1, 0.15) is 55.3 Å². The van der Waals surface area contributed by atoms with Gasteiger partial charge in [0.15, 0.2) is 0 Å². The van der Waals surface area contributed by atoms with E-state index < -0.39 is 0 Å². The van der Waals surface area contributed by atoms with Gasteiger partial charge < -0.3 is 15.1 Å². The molecule has 5 nitrogen and oxygen atoms in total. The van der Waals surface area contributed by atoms with Crippen molar-refractivity contribution in [3.05, 3.63) is 23.9 Å². The number of carbonyl (C=O) groups is 1. The lowest BCUT2D eigenvalue weighted by Crippen LogP contribution is -2.37. The first-order valence-corrected chi connectivity index (χ1v) is 11.4. The number of pyridine rings is 1. The fraction of sp³-hybridized carbons (Fsp3) is 0.739. The Morgan fingerprint density at radius 3 is 2.57 bits per heavy atom. The maximum Gasteiger partial charge on any atom is 0.254 e. The van der Waals surface area contributed by atoms with Crippen molar-refractivity contribution in [2.45, 2.75) is 51.0 Å². The lowest BCUT2D eigenvalue weighted by atomic mass is 9.64. The number of likely N-dealkylation sites (tertiary alicyclic amines) is 2. The molecule has 3 heterocycles. The smallest absolute Gasteiger partial charge is 0.254 e. The SMILES string of the molecule is CN1CC[C@@H]2CN(C(=O)c3ccnc(NCC(C4CCC4)C4CCC4)c3)C[C@@H]21. The maximum atomic E-state index is 13.1. The molecule has 1 aromatic heterocycles. The third-order valence-electron chi connectivity index (χ3n) is 8.15. The minimum Gasteiger partial charge on any atom is -0.370 e. The third-order valence-corrected chi connectivity index (χ3v) is 8.15. The van der Waals surface area contributed by atoms with Gasteiger partial charge in [0.2, 0.25) is 0 Å². The molecule has 5 rings (SSSR count). The maximum absolute atomic E-state index is 13.1. The molecule has 4 fully saturated rings. The van der Waals surface area contributed by atoms with Gasteiger partial charge in [-0.3, -0.25) is 4.79 Å². The van der Waals surface area contributed by atoms with Gasteiger partial charge in [0, 0.05) is 37.4 Å². The van der Waals surface area contributed by atoms with Crippen molar-refractivity contribution in [3.63, 3.8) is 0 Å². The zero-order chi connectivity index (χ0) is 19.1. The Morgan fingerprint density at radius 1 is 1.18 bits per heavy atom. The molecule has 1 N–H and O–H groups in total. The Kier molecular flexibility index (Phi) is 5.04. The van der Waals surface area contributed by atoms with Crippen LogP contribution in [0.3, 0.4) is 0 Å². The van der Waals surface area contributed by atoms with Gasteiger partial charge in [-0.2, -0.15) is 0 Å². The van der Waals surface area contributed by atoms with Crippen LogP contribution in [0.15, 0.2) is 18.3 Å². The molecular weight excluding hydrogens is 348 g/mol. The highest BCUT2D eigenvalue weighted by Gasteiger charge is 2.41. The molecule has 2 aliphatic carbocycles. The van der Waals surface area contributed by atoms with Crippen LogP contribution in [-0.4, -0.2) is 60.0 Å². The summed E-state index contributed by atoms with van der Waals surface area (Å²) >= 11 is 0. The second kappa shape index (κ2) is 7.66. The predicted molar refractivity (Wildman–Crippen MR) is 111 cm³/mol. The van der Waals surface area contributed by atoms with Crippen molar-refractivity contribution >= 4 is 11.7 Å². The first kappa shape index (κ1) is 18.4. The fourth-order valence-electron chi connectivity index (χ4n) is 5.86. The zero-order valence-corrected chi connectivity index (χ0v) is 17.1. The summed E-state index contributed by atoms with van der Waals surface area (Å²) in [5, 5.41) is 3.59. The lowest BCUT2D eigenvalue weighted by Gasteiger charge is -2.42. The normalized spacial score (nSPS) is 28.3. The van der Waals surface area contributed by atoms with E-state index in [1.54, 1.807) is 6.20 Å². The van der Waals surface area contributed by atoms with Crippen molar-refractivity contribution in [3.8, 4) is 0 Å². The molecule has 2 atom stereocenters. The van der Waals surface area contributed by atoms with Crippen LogP contribution >= 0.6 is 0 Å². The Morgan fingerprint density at radius 2 is 1.93 bits per heavy atom. The predicted octanol–water partition coefficient (Wildman–Crippen LogP) is 3.49. The molecule has 0 spiro atoms. The number of amides is 1. The molecule has 152 valence electrons. The number of hydrogen-bond acceptors (Lipinski definition) is 4. The second-order valence-electron chi connectivity index (χ2n) is 9.66. The van der Waals surface area contributed by atoms with Crippen LogP contribution in [0.2, 0.25) is 0 Å². The Labute approximate surface area is 168 Å². The molecule has 0 bridgehead atoms. The molecule has 2 aliphatic heterocycles. The van der Waals surface area contributed by atoms with Crippen molar-refractivity contribution in [2.24, 2.45) is 23.7 Å². The number of aromatic nitrogens is 1. The average molecular weight is 383 g/mol. The van der Waals surface area contributed by atoms with Gasteiger partial charge in [-0.25, -0.2) is 4.98 Å². The molecule has 28 heavy (non-hydrogen) atoms. The molecule has 1 aromatic rings. The number of carbonyl (C=O) groups excluding carboxylic acids is 1. The summed E-state index contributed by atoms with van der Waals surface area (Å²) < 4.78 is 0. The molecule has 2 saturated carbocycles. The van der Waals surface area contributed by atoms with E-state index in [9.17, 15) is 4.79 Å². The van der Waals surface area contributed by atoms with Gasteiger partial charge in [0.1, 0.15) is 5.82 Å². The number of nitrogens with zero attached hydrogens (tertiary/aromatic N) is 3. The summed E-state index contributed by atoms with van der Waals surface area (Å²) in [4.78, 5) is 22.0. The first-order valence-electron chi connectivity index (χ1n) is 11.4. The number of likely N-dealkylation sites (N-methyl/N-ethyl adjacent to an activating group) is 1.